The zero-order valence-corrected chi connectivity index (χ0v) is 11.0. The van der Waals surface area contributed by atoms with Crippen LogP contribution in [0.15, 0.2) is 16.8 Å². The topological polar surface area (TPSA) is 50.7 Å². The second-order valence-electron chi connectivity index (χ2n) is 4.70. The van der Waals surface area contributed by atoms with Gasteiger partial charge in [0.1, 0.15) is 0 Å². The number of aliphatic hydroxyl groups is 1. The summed E-state index contributed by atoms with van der Waals surface area (Å²) in [4.78, 5) is 0. The van der Waals surface area contributed by atoms with E-state index >= 15 is 0 Å². The first-order chi connectivity index (χ1) is 8.07. The Morgan fingerprint density at radius 3 is 2.82 bits per heavy atom. The molecule has 1 unspecified atom stereocenters. The Morgan fingerprint density at radius 1 is 1.53 bits per heavy atom. The fourth-order valence-corrected chi connectivity index (χ4v) is 2.38. The maximum atomic E-state index is 9.91. The number of nitrogens with one attached hydrogen (secondary N) is 1. The van der Waals surface area contributed by atoms with Crippen LogP contribution in [0.3, 0.4) is 0 Å². The summed E-state index contributed by atoms with van der Waals surface area (Å²) in [7, 11) is 0. The minimum atomic E-state index is -0.482. The molecule has 1 fully saturated rings. The van der Waals surface area contributed by atoms with Crippen LogP contribution in [0.4, 0.5) is 0 Å². The Balaban J connectivity index is 1.73. The van der Waals surface area contributed by atoms with Crippen LogP contribution in [0.2, 0.25) is 0 Å². The van der Waals surface area contributed by atoms with Gasteiger partial charge in [-0.05, 0) is 36.2 Å². The lowest BCUT2D eigenvalue weighted by Gasteiger charge is -2.35. The van der Waals surface area contributed by atoms with Crippen molar-refractivity contribution in [1.82, 2.24) is 5.32 Å². The summed E-state index contributed by atoms with van der Waals surface area (Å²) in [6.07, 6.45) is -0.462. The molecule has 0 aromatic carbocycles. The largest absolute Gasteiger partial charge is 0.387 e. The molecule has 2 rings (SSSR count). The van der Waals surface area contributed by atoms with Gasteiger partial charge in [-0.15, -0.1) is 0 Å². The number of thiophene rings is 1. The molecule has 0 saturated carbocycles. The second-order valence-corrected chi connectivity index (χ2v) is 5.48. The molecule has 0 aliphatic carbocycles. The predicted octanol–water partition coefficient (Wildman–Crippen LogP) is 1.52. The van der Waals surface area contributed by atoms with Gasteiger partial charge in [0.2, 0.25) is 0 Å². The van der Waals surface area contributed by atoms with Gasteiger partial charge in [0, 0.05) is 6.54 Å². The van der Waals surface area contributed by atoms with E-state index in [2.05, 4.69) is 5.32 Å². The number of hydrogen-bond acceptors (Lipinski definition) is 5. The average molecular weight is 257 g/mol. The molecule has 1 aliphatic rings. The lowest BCUT2D eigenvalue weighted by atomic mass is 10.2. The molecular weight excluding hydrogens is 238 g/mol. The van der Waals surface area contributed by atoms with Crippen LogP contribution >= 0.6 is 11.3 Å². The first kappa shape index (κ1) is 13.0. The molecule has 2 heterocycles. The molecule has 1 atom stereocenters. The van der Waals surface area contributed by atoms with E-state index in [1.807, 2.05) is 30.7 Å². The SMILES string of the molecule is CC1(C)OCC(NCC(O)c2ccsc2)CO1. The second kappa shape index (κ2) is 5.46. The van der Waals surface area contributed by atoms with Gasteiger partial charge >= 0.3 is 0 Å². The molecule has 1 saturated heterocycles. The quantitative estimate of drug-likeness (QED) is 0.858. The maximum absolute atomic E-state index is 9.91. The van der Waals surface area contributed by atoms with Crippen molar-refractivity contribution >= 4 is 11.3 Å². The Labute approximate surface area is 106 Å². The Kier molecular flexibility index (Phi) is 4.17. The van der Waals surface area contributed by atoms with Gasteiger partial charge in [0.25, 0.3) is 0 Å². The summed E-state index contributed by atoms with van der Waals surface area (Å²) in [6, 6.07) is 2.09. The molecule has 5 heteroatoms. The van der Waals surface area contributed by atoms with Crippen LogP contribution < -0.4 is 5.32 Å². The number of rotatable bonds is 4. The van der Waals surface area contributed by atoms with Crippen molar-refractivity contribution in [3.63, 3.8) is 0 Å². The van der Waals surface area contributed by atoms with Gasteiger partial charge < -0.3 is 19.9 Å². The van der Waals surface area contributed by atoms with E-state index in [1.54, 1.807) is 11.3 Å². The highest BCUT2D eigenvalue weighted by molar-refractivity contribution is 7.07. The number of aliphatic hydroxyl groups excluding tert-OH is 1. The third-order valence-electron chi connectivity index (χ3n) is 2.79. The Bertz CT molecular complexity index is 330. The molecular formula is C12H19NO3S. The van der Waals surface area contributed by atoms with E-state index in [1.165, 1.54) is 0 Å². The van der Waals surface area contributed by atoms with Crippen LogP contribution in [0.1, 0.15) is 25.5 Å². The summed E-state index contributed by atoms with van der Waals surface area (Å²) in [5.74, 6) is -0.482. The van der Waals surface area contributed by atoms with Gasteiger partial charge in [-0.2, -0.15) is 11.3 Å². The standard InChI is InChI=1S/C12H19NO3S/c1-12(2)15-6-10(7-16-12)13-5-11(14)9-3-4-17-8-9/h3-4,8,10-11,13-14H,5-7H2,1-2H3. The minimum Gasteiger partial charge on any atom is -0.387 e. The molecule has 0 bridgehead atoms. The highest BCUT2D eigenvalue weighted by Crippen LogP contribution is 2.18. The summed E-state index contributed by atoms with van der Waals surface area (Å²) < 4.78 is 11.1. The summed E-state index contributed by atoms with van der Waals surface area (Å²) in [5, 5.41) is 17.1. The van der Waals surface area contributed by atoms with Crippen LogP contribution in [-0.4, -0.2) is 36.7 Å². The smallest absolute Gasteiger partial charge is 0.162 e. The van der Waals surface area contributed by atoms with Crippen molar-refractivity contribution in [2.24, 2.45) is 0 Å². The zero-order chi connectivity index (χ0) is 12.3. The monoisotopic (exact) mass is 257 g/mol. The van der Waals surface area contributed by atoms with E-state index in [0.717, 1.165) is 5.56 Å². The first-order valence-electron chi connectivity index (χ1n) is 5.78. The molecule has 2 N–H and O–H groups in total. The average Bonchev–Trinajstić information content (AvgIpc) is 2.80. The van der Waals surface area contributed by atoms with Crippen LogP contribution in [0.25, 0.3) is 0 Å². The van der Waals surface area contributed by atoms with Gasteiger partial charge in [-0.3, -0.25) is 0 Å². The van der Waals surface area contributed by atoms with Crippen LogP contribution in [0.5, 0.6) is 0 Å². The van der Waals surface area contributed by atoms with Crippen molar-refractivity contribution in [3.8, 4) is 0 Å². The molecule has 0 radical (unpaired) electrons. The third-order valence-corrected chi connectivity index (χ3v) is 3.49. The maximum Gasteiger partial charge on any atom is 0.162 e. The fraction of sp³-hybridized carbons (Fsp3) is 0.667. The number of hydrogen-bond donors (Lipinski definition) is 2. The highest BCUT2D eigenvalue weighted by atomic mass is 32.1. The van der Waals surface area contributed by atoms with Gasteiger partial charge in [-0.25, -0.2) is 0 Å². The lowest BCUT2D eigenvalue weighted by Crippen LogP contribution is -2.49. The predicted molar refractivity (Wildman–Crippen MR) is 67.1 cm³/mol. The van der Waals surface area contributed by atoms with Crippen molar-refractivity contribution in [2.45, 2.75) is 31.8 Å². The Morgan fingerprint density at radius 2 is 2.24 bits per heavy atom. The van der Waals surface area contributed by atoms with E-state index in [9.17, 15) is 5.11 Å². The molecule has 96 valence electrons. The molecule has 1 aromatic rings. The van der Waals surface area contributed by atoms with E-state index in [-0.39, 0.29) is 6.04 Å². The normalized spacial score (nSPS) is 22.5. The third kappa shape index (κ3) is 3.76. The highest BCUT2D eigenvalue weighted by Gasteiger charge is 2.28. The van der Waals surface area contributed by atoms with Crippen molar-refractivity contribution in [3.05, 3.63) is 22.4 Å². The van der Waals surface area contributed by atoms with Crippen molar-refractivity contribution in [2.75, 3.05) is 19.8 Å². The molecule has 0 amide bonds. The van der Waals surface area contributed by atoms with E-state index < -0.39 is 11.9 Å². The van der Waals surface area contributed by atoms with Crippen molar-refractivity contribution in [1.29, 1.82) is 0 Å². The molecule has 1 aromatic heterocycles. The lowest BCUT2D eigenvalue weighted by molar-refractivity contribution is -0.253. The van der Waals surface area contributed by atoms with E-state index in [4.69, 9.17) is 9.47 Å². The summed E-state index contributed by atoms with van der Waals surface area (Å²) in [6.45, 7) is 5.56. The molecule has 4 nitrogen and oxygen atoms in total. The zero-order valence-electron chi connectivity index (χ0n) is 10.2. The molecule has 1 aliphatic heterocycles. The fourth-order valence-electron chi connectivity index (χ4n) is 1.67. The van der Waals surface area contributed by atoms with Crippen molar-refractivity contribution < 1.29 is 14.6 Å². The van der Waals surface area contributed by atoms with Crippen LogP contribution in [0, 0.1) is 0 Å². The summed E-state index contributed by atoms with van der Waals surface area (Å²) >= 11 is 1.59. The van der Waals surface area contributed by atoms with Gasteiger partial charge in [-0.1, -0.05) is 0 Å². The molecule has 17 heavy (non-hydrogen) atoms. The number of ether oxygens (including phenoxy) is 2. The summed E-state index contributed by atoms with van der Waals surface area (Å²) in [5.41, 5.74) is 0.959. The van der Waals surface area contributed by atoms with E-state index in [0.29, 0.717) is 19.8 Å². The first-order valence-corrected chi connectivity index (χ1v) is 6.72. The van der Waals surface area contributed by atoms with Gasteiger partial charge in [0.05, 0.1) is 25.4 Å². The van der Waals surface area contributed by atoms with Gasteiger partial charge in [0.15, 0.2) is 5.79 Å². The Hall–Kier alpha value is -0.460. The van der Waals surface area contributed by atoms with Crippen LogP contribution in [-0.2, 0) is 9.47 Å². The minimum absolute atomic E-state index is 0.149. The molecule has 0 spiro atoms.